The molecule has 0 unspecified atom stereocenters. The van der Waals surface area contributed by atoms with Crippen LogP contribution in [0.5, 0.6) is 0 Å². The molecule has 0 atom stereocenters. The Kier molecular flexibility index (Phi) is 4.49. The van der Waals surface area contributed by atoms with E-state index in [-0.39, 0.29) is 5.91 Å². The highest BCUT2D eigenvalue weighted by Gasteiger charge is 2.26. The summed E-state index contributed by atoms with van der Waals surface area (Å²) in [6, 6.07) is 7.35. The van der Waals surface area contributed by atoms with Crippen LogP contribution in [-0.2, 0) is 0 Å². The maximum absolute atomic E-state index is 13.1. The molecule has 138 valence electrons. The molecule has 0 bridgehead atoms. The molecule has 0 radical (unpaired) electrons. The summed E-state index contributed by atoms with van der Waals surface area (Å²) in [5.41, 5.74) is 3.33. The summed E-state index contributed by atoms with van der Waals surface area (Å²) in [7, 11) is 0. The van der Waals surface area contributed by atoms with E-state index in [0.29, 0.717) is 30.0 Å². The van der Waals surface area contributed by atoms with Gasteiger partial charge in [0.25, 0.3) is 5.91 Å². The van der Waals surface area contributed by atoms with Crippen molar-refractivity contribution in [2.24, 2.45) is 0 Å². The maximum atomic E-state index is 13.1. The largest absolute Gasteiger partial charge is 0.353 e. The number of tetrazole rings is 1. The number of hydrogen-bond donors (Lipinski definition) is 1. The van der Waals surface area contributed by atoms with Crippen molar-refractivity contribution < 1.29 is 4.79 Å². The molecule has 3 heterocycles. The number of anilines is 1. The van der Waals surface area contributed by atoms with Gasteiger partial charge < -0.3 is 9.80 Å². The fourth-order valence-corrected chi connectivity index (χ4v) is 3.28. The molecular formula is C18H20N8O. The monoisotopic (exact) mass is 364 g/mol. The fraction of sp³-hybridized carbons (Fsp3) is 0.333. The number of carbonyl (C=O) groups excluding carboxylic acids is 1. The quantitative estimate of drug-likeness (QED) is 0.745. The smallest absolute Gasteiger partial charge is 0.254 e. The molecule has 1 fully saturated rings. The number of piperazine rings is 1. The highest BCUT2D eigenvalue weighted by molar-refractivity contribution is 6.00. The number of carbonyl (C=O) groups is 1. The first-order valence-corrected chi connectivity index (χ1v) is 8.80. The Bertz CT molecular complexity index is 948. The van der Waals surface area contributed by atoms with E-state index in [1.807, 2.05) is 36.9 Å². The molecule has 2 aromatic heterocycles. The summed E-state index contributed by atoms with van der Waals surface area (Å²) >= 11 is 0. The minimum atomic E-state index is -0.0226. The standard InChI is InChI=1S/C18H20N8O/c1-12-13(2)19-11-20-17(12)25-7-9-26(10-8-25)18(27)15-6-4-3-5-14(15)16-21-23-24-22-16/h3-6,11H,7-10H2,1-2H3,(H,21,22,23,24). The lowest BCUT2D eigenvalue weighted by atomic mass is 10.1. The van der Waals surface area contributed by atoms with Gasteiger partial charge in [0.2, 0.25) is 5.82 Å². The van der Waals surface area contributed by atoms with Crippen molar-refractivity contribution in [3.05, 3.63) is 47.4 Å². The number of nitrogens with one attached hydrogen (secondary N) is 1. The first-order chi connectivity index (χ1) is 13.1. The lowest BCUT2D eigenvalue weighted by Crippen LogP contribution is -2.49. The number of rotatable bonds is 3. The van der Waals surface area contributed by atoms with Crippen molar-refractivity contribution in [2.45, 2.75) is 13.8 Å². The number of hydrogen-bond acceptors (Lipinski definition) is 7. The summed E-state index contributed by atoms with van der Waals surface area (Å²) in [4.78, 5) is 25.8. The van der Waals surface area contributed by atoms with Gasteiger partial charge in [-0.15, -0.1) is 10.2 Å². The van der Waals surface area contributed by atoms with Crippen LogP contribution in [0.2, 0.25) is 0 Å². The molecule has 1 saturated heterocycles. The Hall–Kier alpha value is -3.36. The molecule has 0 saturated carbocycles. The first-order valence-electron chi connectivity index (χ1n) is 8.80. The number of nitrogens with zero attached hydrogens (tertiary/aromatic N) is 7. The van der Waals surface area contributed by atoms with Crippen LogP contribution in [0.15, 0.2) is 30.6 Å². The van der Waals surface area contributed by atoms with Crippen LogP contribution in [0.3, 0.4) is 0 Å². The van der Waals surface area contributed by atoms with Crippen molar-refractivity contribution in [2.75, 3.05) is 31.1 Å². The highest BCUT2D eigenvalue weighted by atomic mass is 16.2. The molecule has 3 aromatic rings. The van der Waals surface area contributed by atoms with Crippen LogP contribution in [0.25, 0.3) is 11.4 Å². The molecule has 0 spiro atoms. The third kappa shape index (κ3) is 3.23. The average molecular weight is 364 g/mol. The van der Waals surface area contributed by atoms with E-state index in [0.717, 1.165) is 30.2 Å². The van der Waals surface area contributed by atoms with Crippen molar-refractivity contribution in [3.8, 4) is 11.4 Å². The molecular weight excluding hydrogens is 344 g/mol. The van der Waals surface area contributed by atoms with Crippen molar-refractivity contribution in [1.29, 1.82) is 0 Å². The van der Waals surface area contributed by atoms with E-state index in [9.17, 15) is 4.79 Å². The van der Waals surface area contributed by atoms with Gasteiger partial charge in [-0.1, -0.05) is 18.2 Å². The van der Waals surface area contributed by atoms with E-state index in [1.165, 1.54) is 0 Å². The van der Waals surface area contributed by atoms with Gasteiger partial charge in [0.05, 0.1) is 5.56 Å². The second-order valence-electron chi connectivity index (χ2n) is 6.47. The lowest BCUT2D eigenvalue weighted by molar-refractivity contribution is 0.0747. The van der Waals surface area contributed by atoms with E-state index >= 15 is 0 Å². The molecule has 0 aliphatic carbocycles. The Morgan fingerprint density at radius 1 is 1.07 bits per heavy atom. The van der Waals surface area contributed by atoms with Crippen LogP contribution in [0.4, 0.5) is 5.82 Å². The van der Waals surface area contributed by atoms with Gasteiger partial charge >= 0.3 is 0 Å². The Labute approximate surface area is 156 Å². The zero-order chi connectivity index (χ0) is 18.8. The van der Waals surface area contributed by atoms with Gasteiger partial charge in [-0.3, -0.25) is 4.79 Å². The van der Waals surface area contributed by atoms with E-state index in [4.69, 9.17) is 0 Å². The van der Waals surface area contributed by atoms with Gasteiger partial charge in [-0.2, -0.15) is 5.21 Å². The highest BCUT2D eigenvalue weighted by Crippen LogP contribution is 2.23. The van der Waals surface area contributed by atoms with Crippen molar-refractivity contribution in [1.82, 2.24) is 35.5 Å². The molecule has 1 aliphatic rings. The SMILES string of the molecule is Cc1ncnc(N2CCN(C(=O)c3ccccc3-c3nn[nH]n3)CC2)c1C. The predicted octanol–water partition coefficient (Wildman–Crippen LogP) is 1.24. The molecule has 9 nitrogen and oxygen atoms in total. The molecule has 1 aliphatic heterocycles. The molecule has 27 heavy (non-hydrogen) atoms. The Morgan fingerprint density at radius 2 is 1.85 bits per heavy atom. The number of amides is 1. The third-order valence-electron chi connectivity index (χ3n) is 4.92. The van der Waals surface area contributed by atoms with Crippen LogP contribution in [0, 0.1) is 13.8 Å². The summed E-state index contributed by atoms with van der Waals surface area (Å²) in [6.07, 6.45) is 1.59. The molecule has 1 amide bonds. The second kappa shape index (κ2) is 7.10. The number of benzene rings is 1. The molecule has 9 heteroatoms. The van der Waals surface area contributed by atoms with Crippen LogP contribution in [0.1, 0.15) is 21.6 Å². The fourth-order valence-electron chi connectivity index (χ4n) is 3.28. The van der Waals surface area contributed by atoms with Gasteiger partial charge in [-0.05, 0) is 25.1 Å². The number of aryl methyl sites for hydroxylation is 1. The number of aromatic nitrogens is 6. The zero-order valence-corrected chi connectivity index (χ0v) is 15.3. The molecule has 1 aromatic carbocycles. The van der Waals surface area contributed by atoms with E-state index in [2.05, 4.69) is 35.5 Å². The van der Waals surface area contributed by atoms with Gasteiger partial charge in [-0.25, -0.2) is 9.97 Å². The van der Waals surface area contributed by atoms with Gasteiger partial charge in [0.15, 0.2) is 0 Å². The topological polar surface area (TPSA) is 104 Å². The van der Waals surface area contributed by atoms with E-state index < -0.39 is 0 Å². The van der Waals surface area contributed by atoms with Crippen molar-refractivity contribution >= 4 is 11.7 Å². The summed E-state index contributed by atoms with van der Waals surface area (Å²) < 4.78 is 0. The predicted molar refractivity (Wildman–Crippen MR) is 99.2 cm³/mol. The molecule has 1 N–H and O–H groups in total. The summed E-state index contributed by atoms with van der Waals surface area (Å²) in [6.45, 7) is 6.73. The minimum absolute atomic E-state index is 0.0226. The average Bonchev–Trinajstić information content (AvgIpc) is 3.24. The first kappa shape index (κ1) is 17.1. The van der Waals surface area contributed by atoms with Gasteiger partial charge in [0, 0.05) is 43.0 Å². The minimum Gasteiger partial charge on any atom is -0.353 e. The number of aromatic amines is 1. The lowest BCUT2D eigenvalue weighted by Gasteiger charge is -2.36. The third-order valence-corrected chi connectivity index (χ3v) is 4.92. The Morgan fingerprint density at radius 3 is 2.59 bits per heavy atom. The second-order valence-corrected chi connectivity index (χ2v) is 6.47. The normalized spacial score (nSPS) is 14.4. The zero-order valence-electron chi connectivity index (χ0n) is 15.3. The molecule has 4 rings (SSSR count). The van der Waals surface area contributed by atoms with Gasteiger partial charge in [0.1, 0.15) is 12.1 Å². The summed E-state index contributed by atoms with van der Waals surface area (Å²) in [5, 5.41) is 14.0. The Balaban J connectivity index is 1.51. The summed E-state index contributed by atoms with van der Waals surface area (Å²) in [5.74, 6) is 1.34. The van der Waals surface area contributed by atoms with Crippen LogP contribution >= 0.6 is 0 Å². The number of H-pyrrole nitrogens is 1. The van der Waals surface area contributed by atoms with Crippen LogP contribution < -0.4 is 4.90 Å². The maximum Gasteiger partial charge on any atom is 0.254 e. The van der Waals surface area contributed by atoms with Crippen LogP contribution in [-0.4, -0.2) is 67.6 Å². The van der Waals surface area contributed by atoms with Crippen molar-refractivity contribution in [3.63, 3.8) is 0 Å². The van der Waals surface area contributed by atoms with E-state index in [1.54, 1.807) is 12.4 Å².